The fourth-order valence-corrected chi connectivity index (χ4v) is 7.72. The van der Waals surface area contributed by atoms with Crippen molar-refractivity contribution in [3.63, 3.8) is 0 Å². The standard InChI is InChI=1S/C57H47N3O/c1-38-30-53(44-12-7-6-8-13-44)59-36-46(38)23-20-42-32-41(19-18-40-22-29-52(58-35-40)45-25-27-48(28-26-45)57(3,4)5)33-43(34-42)21-24-47-37-60-54(31-39(47)2)51-16-11-15-50-49-14-9-10-17-55(49)61-56(50)51/h6-37H,1-5H3/b19-18-,23-20-,24-21?. The Bertz CT molecular complexity index is 3110. The maximum atomic E-state index is 6.33. The molecule has 0 saturated heterocycles. The second kappa shape index (κ2) is 16.7. The molecular weight excluding hydrogens is 743 g/mol. The molecule has 5 aromatic carbocycles. The van der Waals surface area contributed by atoms with Crippen molar-refractivity contribution in [2.75, 3.05) is 0 Å². The fraction of sp³-hybridized carbons (Fsp3) is 0.105. The lowest BCUT2D eigenvalue weighted by atomic mass is 9.86. The van der Waals surface area contributed by atoms with Gasteiger partial charge >= 0.3 is 0 Å². The van der Waals surface area contributed by atoms with E-state index in [4.69, 9.17) is 19.4 Å². The minimum absolute atomic E-state index is 0.114. The van der Waals surface area contributed by atoms with E-state index in [1.807, 2.05) is 55.0 Å². The van der Waals surface area contributed by atoms with Gasteiger partial charge in [0.25, 0.3) is 0 Å². The molecule has 4 heterocycles. The van der Waals surface area contributed by atoms with Crippen LogP contribution in [0.4, 0.5) is 0 Å². The summed E-state index contributed by atoms with van der Waals surface area (Å²) < 4.78 is 6.33. The number of hydrogen-bond donors (Lipinski definition) is 0. The van der Waals surface area contributed by atoms with Crippen LogP contribution in [-0.4, -0.2) is 15.0 Å². The van der Waals surface area contributed by atoms with Gasteiger partial charge in [-0.05, 0) is 118 Å². The van der Waals surface area contributed by atoms with Gasteiger partial charge in [0.2, 0.25) is 0 Å². The van der Waals surface area contributed by atoms with Gasteiger partial charge in [-0.1, -0.05) is 148 Å². The van der Waals surface area contributed by atoms with E-state index in [0.717, 1.165) is 94.7 Å². The van der Waals surface area contributed by atoms with Crippen molar-refractivity contribution in [1.82, 2.24) is 15.0 Å². The first-order valence-electron chi connectivity index (χ1n) is 20.8. The van der Waals surface area contributed by atoms with Gasteiger partial charge in [-0.15, -0.1) is 0 Å². The number of hydrogen-bond acceptors (Lipinski definition) is 4. The molecular formula is C57H47N3O. The Labute approximate surface area is 358 Å². The Morgan fingerprint density at radius 1 is 0.443 bits per heavy atom. The molecule has 0 atom stereocenters. The number of aryl methyl sites for hydroxylation is 2. The van der Waals surface area contributed by atoms with Gasteiger partial charge in [0, 0.05) is 46.1 Å². The van der Waals surface area contributed by atoms with Crippen LogP contribution >= 0.6 is 0 Å². The molecule has 61 heavy (non-hydrogen) atoms. The van der Waals surface area contributed by atoms with Crippen molar-refractivity contribution in [3.8, 4) is 33.8 Å². The average Bonchev–Trinajstić information content (AvgIpc) is 3.67. The largest absolute Gasteiger partial charge is 0.455 e. The maximum absolute atomic E-state index is 6.33. The molecule has 0 amide bonds. The molecule has 4 heteroatoms. The van der Waals surface area contributed by atoms with Gasteiger partial charge in [-0.2, -0.15) is 0 Å². The van der Waals surface area contributed by atoms with Crippen LogP contribution in [0.15, 0.2) is 163 Å². The second-order valence-electron chi connectivity index (χ2n) is 16.7. The lowest BCUT2D eigenvalue weighted by molar-refractivity contribution is 0.590. The van der Waals surface area contributed by atoms with Crippen molar-refractivity contribution in [1.29, 1.82) is 0 Å². The van der Waals surface area contributed by atoms with Crippen LogP contribution in [0.5, 0.6) is 0 Å². The van der Waals surface area contributed by atoms with Crippen LogP contribution in [0.25, 0.3) is 92.2 Å². The molecule has 0 aliphatic heterocycles. The van der Waals surface area contributed by atoms with Crippen molar-refractivity contribution in [2.24, 2.45) is 0 Å². The Balaban J connectivity index is 1.00. The van der Waals surface area contributed by atoms with Crippen LogP contribution in [0.3, 0.4) is 0 Å². The van der Waals surface area contributed by atoms with E-state index in [2.05, 4.69) is 174 Å². The molecule has 0 aliphatic carbocycles. The van der Waals surface area contributed by atoms with Crippen molar-refractivity contribution in [3.05, 3.63) is 208 Å². The van der Waals surface area contributed by atoms with E-state index in [1.165, 1.54) is 11.1 Å². The summed E-state index contributed by atoms with van der Waals surface area (Å²) in [6, 6.07) is 48.6. The normalized spacial score (nSPS) is 12.1. The lowest BCUT2D eigenvalue weighted by Crippen LogP contribution is -2.10. The fourth-order valence-electron chi connectivity index (χ4n) is 7.72. The Morgan fingerprint density at radius 3 is 1.64 bits per heavy atom. The van der Waals surface area contributed by atoms with Gasteiger partial charge in [0.05, 0.1) is 17.1 Å². The average molecular weight is 790 g/mol. The molecule has 0 spiro atoms. The summed E-state index contributed by atoms with van der Waals surface area (Å²) in [5.41, 5.74) is 17.9. The number of furan rings is 1. The highest BCUT2D eigenvalue weighted by molar-refractivity contribution is 6.09. The highest BCUT2D eigenvalue weighted by Crippen LogP contribution is 2.36. The van der Waals surface area contributed by atoms with Crippen molar-refractivity contribution >= 4 is 58.4 Å². The number of pyridine rings is 3. The summed E-state index contributed by atoms with van der Waals surface area (Å²) in [6.07, 6.45) is 18.8. The van der Waals surface area contributed by atoms with Crippen LogP contribution in [0.1, 0.15) is 70.8 Å². The van der Waals surface area contributed by atoms with E-state index in [-0.39, 0.29) is 5.41 Å². The SMILES string of the molecule is Cc1cc(-c2cccc3c2oc2ccccc23)ncc1C=Cc1cc(/C=C\c2ccc(-c3ccc(C(C)(C)C)cc3)nc2)cc(/C=C\c2cnc(-c3ccccc3)cc2C)c1. The van der Waals surface area contributed by atoms with Crippen molar-refractivity contribution < 1.29 is 4.42 Å². The zero-order valence-corrected chi connectivity index (χ0v) is 35.2. The predicted octanol–water partition coefficient (Wildman–Crippen LogP) is 15.2. The zero-order chi connectivity index (χ0) is 41.9. The first-order valence-corrected chi connectivity index (χ1v) is 20.8. The summed E-state index contributed by atoms with van der Waals surface area (Å²) in [6.45, 7) is 11.0. The Hall–Kier alpha value is -7.43. The third-order valence-corrected chi connectivity index (χ3v) is 11.3. The van der Waals surface area contributed by atoms with Crippen LogP contribution in [0.2, 0.25) is 0 Å². The van der Waals surface area contributed by atoms with E-state index in [0.29, 0.717) is 0 Å². The number of rotatable bonds is 9. The smallest absolute Gasteiger partial charge is 0.144 e. The number of aromatic nitrogens is 3. The van der Waals surface area contributed by atoms with Gasteiger partial charge in [-0.3, -0.25) is 15.0 Å². The summed E-state index contributed by atoms with van der Waals surface area (Å²) in [4.78, 5) is 14.5. The summed E-state index contributed by atoms with van der Waals surface area (Å²) in [7, 11) is 0. The Kier molecular flexibility index (Phi) is 10.7. The van der Waals surface area contributed by atoms with E-state index in [1.54, 1.807) is 0 Å². The number of para-hydroxylation sites is 2. The summed E-state index contributed by atoms with van der Waals surface area (Å²) in [5, 5.41) is 2.21. The molecule has 4 nitrogen and oxygen atoms in total. The van der Waals surface area contributed by atoms with Gasteiger partial charge < -0.3 is 4.42 Å². The van der Waals surface area contributed by atoms with E-state index >= 15 is 0 Å². The Morgan fingerprint density at radius 2 is 1.00 bits per heavy atom. The van der Waals surface area contributed by atoms with Crippen molar-refractivity contribution in [2.45, 2.75) is 40.0 Å². The van der Waals surface area contributed by atoms with Crippen LogP contribution < -0.4 is 0 Å². The zero-order valence-electron chi connectivity index (χ0n) is 35.2. The third-order valence-electron chi connectivity index (χ3n) is 11.3. The van der Waals surface area contributed by atoms with E-state index in [9.17, 15) is 0 Å². The molecule has 0 bridgehead atoms. The molecule has 0 unspecified atom stereocenters. The van der Waals surface area contributed by atoms with E-state index < -0.39 is 0 Å². The number of benzene rings is 5. The molecule has 9 rings (SSSR count). The number of nitrogens with zero attached hydrogens (tertiary/aromatic N) is 3. The number of fused-ring (bicyclic) bond motifs is 3. The monoisotopic (exact) mass is 789 g/mol. The molecule has 9 aromatic rings. The summed E-state index contributed by atoms with van der Waals surface area (Å²) >= 11 is 0. The molecule has 4 aromatic heterocycles. The van der Waals surface area contributed by atoms with Crippen LogP contribution in [-0.2, 0) is 5.41 Å². The minimum Gasteiger partial charge on any atom is -0.455 e. The van der Waals surface area contributed by atoms with Gasteiger partial charge in [0.15, 0.2) is 0 Å². The molecule has 0 fully saturated rings. The molecule has 0 radical (unpaired) electrons. The molecule has 0 N–H and O–H groups in total. The van der Waals surface area contributed by atoms with Gasteiger partial charge in [-0.25, -0.2) is 0 Å². The first-order chi connectivity index (χ1) is 29.6. The maximum Gasteiger partial charge on any atom is 0.144 e. The predicted molar refractivity (Wildman–Crippen MR) is 258 cm³/mol. The second-order valence-corrected chi connectivity index (χ2v) is 16.7. The summed E-state index contributed by atoms with van der Waals surface area (Å²) in [5.74, 6) is 0. The lowest BCUT2D eigenvalue weighted by Gasteiger charge is -2.19. The molecule has 0 saturated carbocycles. The van der Waals surface area contributed by atoms with Crippen LogP contribution in [0, 0.1) is 13.8 Å². The van der Waals surface area contributed by atoms with Gasteiger partial charge in [0.1, 0.15) is 11.2 Å². The first kappa shape index (κ1) is 39.1. The minimum atomic E-state index is 0.114. The molecule has 296 valence electrons. The topological polar surface area (TPSA) is 51.8 Å². The molecule has 0 aliphatic rings. The third kappa shape index (κ3) is 8.66. The highest BCUT2D eigenvalue weighted by atomic mass is 16.3. The highest BCUT2D eigenvalue weighted by Gasteiger charge is 2.15. The quantitative estimate of drug-likeness (QED) is 0.146.